The van der Waals surface area contributed by atoms with Gasteiger partial charge in [0.05, 0.1) is 10.2 Å². The van der Waals surface area contributed by atoms with Gasteiger partial charge in [-0.15, -0.1) is 0 Å². The molecule has 0 aliphatic carbocycles. The Hall–Kier alpha value is -2.09. The molecule has 0 aliphatic rings. The van der Waals surface area contributed by atoms with Gasteiger partial charge in [0.1, 0.15) is 17.2 Å². The number of anilines is 1. The van der Waals surface area contributed by atoms with Gasteiger partial charge in [-0.3, -0.25) is 9.69 Å². The zero-order valence-corrected chi connectivity index (χ0v) is 15.7. The average molecular weight is 396 g/mol. The van der Waals surface area contributed by atoms with Gasteiger partial charge < -0.3 is 4.90 Å². The van der Waals surface area contributed by atoms with E-state index in [0.29, 0.717) is 22.2 Å². The van der Waals surface area contributed by atoms with Crippen molar-refractivity contribution in [3.05, 3.63) is 58.6 Å². The van der Waals surface area contributed by atoms with Gasteiger partial charge in [-0.05, 0) is 44.4 Å². The van der Waals surface area contributed by atoms with Crippen molar-refractivity contribution in [3.63, 3.8) is 0 Å². The molecular formula is C18H16ClF2N3OS. The summed E-state index contributed by atoms with van der Waals surface area (Å²) < 4.78 is 29.0. The smallest absolute Gasteiger partial charge is 0.266 e. The first-order valence-electron chi connectivity index (χ1n) is 7.83. The highest BCUT2D eigenvalue weighted by Gasteiger charge is 2.26. The van der Waals surface area contributed by atoms with Crippen LogP contribution in [0.4, 0.5) is 13.9 Å². The van der Waals surface area contributed by atoms with Crippen LogP contribution in [-0.4, -0.2) is 43.0 Å². The Labute approximate surface area is 158 Å². The van der Waals surface area contributed by atoms with Crippen LogP contribution < -0.4 is 4.90 Å². The van der Waals surface area contributed by atoms with E-state index in [0.717, 1.165) is 16.8 Å². The number of carbonyl (C=O) groups is 1. The lowest BCUT2D eigenvalue weighted by molar-refractivity contribution is 0.0977. The van der Waals surface area contributed by atoms with Crippen molar-refractivity contribution >= 4 is 44.2 Å². The molecule has 3 aromatic rings. The first-order chi connectivity index (χ1) is 12.4. The molecule has 0 saturated heterocycles. The van der Waals surface area contributed by atoms with Crippen LogP contribution in [0.25, 0.3) is 10.2 Å². The highest BCUT2D eigenvalue weighted by Crippen LogP contribution is 2.32. The molecule has 1 amide bonds. The monoisotopic (exact) mass is 395 g/mol. The minimum absolute atomic E-state index is 0.243. The molecular weight excluding hydrogens is 380 g/mol. The fourth-order valence-electron chi connectivity index (χ4n) is 2.42. The summed E-state index contributed by atoms with van der Waals surface area (Å²) in [6.45, 7) is 0.756. The summed E-state index contributed by atoms with van der Waals surface area (Å²) in [4.78, 5) is 20.5. The van der Waals surface area contributed by atoms with Crippen molar-refractivity contribution in [2.45, 2.75) is 0 Å². The Morgan fingerprint density at radius 3 is 2.50 bits per heavy atom. The Kier molecular flexibility index (Phi) is 5.50. The van der Waals surface area contributed by atoms with Crippen molar-refractivity contribution < 1.29 is 13.6 Å². The number of nitrogens with zero attached hydrogens (tertiary/aromatic N) is 3. The van der Waals surface area contributed by atoms with Gasteiger partial charge in [-0.2, -0.15) is 0 Å². The number of likely N-dealkylation sites (N-methyl/N-ethyl adjacent to an activating group) is 1. The van der Waals surface area contributed by atoms with Crippen LogP contribution in [0, 0.1) is 11.6 Å². The number of rotatable bonds is 5. The summed E-state index contributed by atoms with van der Waals surface area (Å²) in [5.74, 6) is -2.55. The van der Waals surface area contributed by atoms with E-state index in [1.807, 2.05) is 19.0 Å². The first-order valence-corrected chi connectivity index (χ1v) is 9.03. The van der Waals surface area contributed by atoms with E-state index in [2.05, 4.69) is 4.98 Å². The molecule has 1 aromatic heterocycles. The number of benzene rings is 2. The Morgan fingerprint density at radius 2 is 1.85 bits per heavy atom. The molecule has 0 saturated carbocycles. The van der Waals surface area contributed by atoms with Gasteiger partial charge in [-0.25, -0.2) is 13.8 Å². The molecule has 0 N–H and O–H groups in total. The molecule has 0 aliphatic heterocycles. The highest BCUT2D eigenvalue weighted by atomic mass is 35.5. The third-order valence-corrected chi connectivity index (χ3v) is 5.04. The number of hydrogen-bond donors (Lipinski definition) is 0. The zero-order chi connectivity index (χ0) is 18.8. The fraction of sp³-hybridized carbons (Fsp3) is 0.222. The van der Waals surface area contributed by atoms with Crippen LogP contribution in [0.2, 0.25) is 5.02 Å². The summed E-state index contributed by atoms with van der Waals surface area (Å²) in [7, 11) is 3.70. The molecule has 26 heavy (non-hydrogen) atoms. The third-order valence-electron chi connectivity index (χ3n) is 3.76. The molecule has 0 fully saturated rings. The second-order valence-corrected chi connectivity index (χ2v) is 7.41. The topological polar surface area (TPSA) is 36.4 Å². The van der Waals surface area contributed by atoms with Crippen molar-refractivity contribution in [2.24, 2.45) is 0 Å². The van der Waals surface area contributed by atoms with Crippen LogP contribution in [-0.2, 0) is 0 Å². The van der Waals surface area contributed by atoms with Crippen LogP contribution >= 0.6 is 22.9 Å². The maximum Gasteiger partial charge on any atom is 0.266 e. The quantitative estimate of drug-likeness (QED) is 0.641. The van der Waals surface area contributed by atoms with Gasteiger partial charge >= 0.3 is 0 Å². The number of carbonyl (C=O) groups excluding carboxylic acids is 1. The lowest BCUT2D eigenvalue weighted by atomic mass is 10.1. The minimum Gasteiger partial charge on any atom is -0.308 e. The second-order valence-electron chi connectivity index (χ2n) is 5.97. The number of fused-ring (bicyclic) bond motifs is 1. The zero-order valence-electron chi connectivity index (χ0n) is 14.2. The van der Waals surface area contributed by atoms with E-state index in [1.165, 1.54) is 22.3 Å². The molecule has 0 radical (unpaired) electrons. The van der Waals surface area contributed by atoms with E-state index < -0.39 is 23.1 Å². The Bertz CT molecular complexity index is 941. The SMILES string of the molecule is CN(C)CCN(C(=O)c1c(F)cccc1F)c1nc2ccc(Cl)cc2s1. The van der Waals surface area contributed by atoms with Gasteiger partial charge in [-0.1, -0.05) is 29.0 Å². The van der Waals surface area contributed by atoms with Crippen LogP contribution in [0.3, 0.4) is 0 Å². The van der Waals surface area contributed by atoms with Gasteiger partial charge in [0.2, 0.25) is 0 Å². The van der Waals surface area contributed by atoms with E-state index in [4.69, 9.17) is 11.6 Å². The van der Waals surface area contributed by atoms with E-state index >= 15 is 0 Å². The maximum absolute atomic E-state index is 14.1. The molecule has 8 heteroatoms. The van der Waals surface area contributed by atoms with Crippen LogP contribution in [0.1, 0.15) is 10.4 Å². The molecule has 4 nitrogen and oxygen atoms in total. The lowest BCUT2D eigenvalue weighted by Crippen LogP contribution is -2.37. The van der Waals surface area contributed by atoms with Gasteiger partial charge in [0, 0.05) is 18.1 Å². The van der Waals surface area contributed by atoms with Gasteiger partial charge in [0.15, 0.2) is 5.13 Å². The summed E-state index contributed by atoms with van der Waals surface area (Å²) in [6, 6.07) is 8.56. The molecule has 2 aromatic carbocycles. The van der Waals surface area contributed by atoms with E-state index in [9.17, 15) is 13.6 Å². The van der Waals surface area contributed by atoms with Crippen LogP contribution in [0.15, 0.2) is 36.4 Å². The predicted molar refractivity (Wildman–Crippen MR) is 101 cm³/mol. The number of amides is 1. The molecule has 0 atom stereocenters. The van der Waals surface area contributed by atoms with E-state index in [1.54, 1.807) is 18.2 Å². The van der Waals surface area contributed by atoms with Crippen molar-refractivity contribution in [1.82, 2.24) is 9.88 Å². The maximum atomic E-state index is 14.1. The second kappa shape index (κ2) is 7.65. The fourth-order valence-corrected chi connectivity index (χ4v) is 3.69. The predicted octanol–water partition coefficient (Wildman–Crippen LogP) is 4.44. The van der Waals surface area contributed by atoms with Crippen molar-refractivity contribution in [3.8, 4) is 0 Å². The first kappa shape index (κ1) is 18.7. The largest absolute Gasteiger partial charge is 0.308 e. The average Bonchev–Trinajstić information content (AvgIpc) is 2.97. The Balaban J connectivity index is 2.05. The summed E-state index contributed by atoms with van der Waals surface area (Å²) in [6.07, 6.45) is 0. The normalized spacial score (nSPS) is 11.3. The van der Waals surface area contributed by atoms with E-state index in [-0.39, 0.29) is 6.54 Å². The highest BCUT2D eigenvalue weighted by molar-refractivity contribution is 7.22. The number of aromatic nitrogens is 1. The molecule has 0 spiro atoms. The Morgan fingerprint density at radius 1 is 1.15 bits per heavy atom. The third kappa shape index (κ3) is 3.85. The summed E-state index contributed by atoms with van der Waals surface area (Å²) in [5.41, 5.74) is 0.0922. The number of thiazole rings is 1. The summed E-state index contributed by atoms with van der Waals surface area (Å²) in [5, 5.41) is 0.927. The molecule has 0 bridgehead atoms. The van der Waals surface area contributed by atoms with Gasteiger partial charge in [0.25, 0.3) is 5.91 Å². The van der Waals surface area contributed by atoms with Crippen LogP contribution in [0.5, 0.6) is 0 Å². The molecule has 0 unspecified atom stereocenters. The molecule has 1 heterocycles. The van der Waals surface area contributed by atoms with Crippen molar-refractivity contribution in [1.29, 1.82) is 0 Å². The molecule has 136 valence electrons. The minimum atomic E-state index is -0.894. The summed E-state index contributed by atoms with van der Waals surface area (Å²) >= 11 is 7.25. The number of hydrogen-bond acceptors (Lipinski definition) is 4. The number of halogens is 3. The standard InChI is InChI=1S/C18H16ClF2N3OS/c1-23(2)8-9-24(17(25)16-12(20)4-3-5-13(16)21)18-22-14-7-6-11(19)10-15(14)26-18/h3-7,10H,8-9H2,1-2H3. The lowest BCUT2D eigenvalue weighted by Gasteiger charge is -2.22. The molecule has 3 rings (SSSR count). The van der Waals surface area contributed by atoms with Crippen molar-refractivity contribution in [2.75, 3.05) is 32.1 Å².